The minimum atomic E-state index is 0.546. The van der Waals surface area contributed by atoms with Crippen LogP contribution in [0.25, 0.3) is 0 Å². The highest BCUT2D eigenvalue weighted by Gasteiger charge is 2.22. The molecule has 2 aliphatic heterocycles. The molecule has 0 spiro atoms. The van der Waals surface area contributed by atoms with Crippen LogP contribution in [0, 0.1) is 5.92 Å². The van der Waals surface area contributed by atoms with Gasteiger partial charge in [-0.2, -0.15) is 0 Å². The first-order chi connectivity index (χ1) is 12.2. The minimum absolute atomic E-state index is 0.546. The van der Waals surface area contributed by atoms with E-state index in [9.17, 15) is 0 Å². The van der Waals surface area contributed by atoms with Crippen LogP contribution in [0.1, 0.15) is 39.5 Å². The second kappa shape index (κ2) is 11.7. The molecule has 0 amide bonds. The third kappa shape index (κ3) is 7.92. The Hall–Kier alpha value is -0.850. The van der Waals surface area contributed by atoms with Crippen LogP contribution >= 0.6 is 0 Å². The van der Waals surface area contributed by atoms with Crippen molar-refractivity contribution in [1.29, 1.82) is 0 Å². The van der Waals surface area contributed by atoms with Gasteiger partial charge in [-0.05, 0) is 38.3 Å². The third-order valence-corrected chi connectivity index (χ3v) is 5.20. The zero-order valence-electron chi connectivity index (χ0n) is 16.6. The van der Waals surface area contributed by atoms with Crippen molar-refractivity contribution in [2.75, 3.05) is 66.1 Å². The Morgan fingerprint density at radius 1 is 1.04 bits per heavy atom. The van der Waals surface area contributed by atoms with Crippen LogP contribution in [0.3, 0.4) is 0 Å². The summed E-state index contributed by atoms with van der Waals surface area (Å²) in [5.41, 5.74) is 0. The molecule has 0 aliphatic carbocycles. The van der Waals surface area contributed by atoms with Crippen LogP contribution in [-0.2, 0) is 4.74 Å². The van der Waals surface area contributed by atoms with E-state index in [2.05, 4.69) is 39.3 Å². The summed E-state index contributed by atoms with van der Waals surface area (Å²) < 4.78 is 5.51. The van der Waals surface area contributed by atoms with Crippen LogP contribution in [0.5, 0.6) is 0 Å². The average Bonchev–Trinajstić information content (AvgIpc) is 2.64. The minimum Gasteiger partial charge on any atom is -0.379 e. The number of ether oxygens (including phenoxy) is 1. The van der Waals surface area contributed by atoms with Crippen molar-refractivity contribution in [1.82, 2.24) is 20.4 Å². The highest BCUT2D eigenvalue weighted by atomic mass is 16.5. The lowest BCUT2D eigenvalue weighted by atomic mass is 10.0. The summed E-state index contributed by atoms with van der Waals surface area (Å²) in [7, 11) is 1.86. The molecule has 2 saturated heterocycles. The fraction of sp³-hybridized carbons (Fsp3) is 0.947. The molecule has 6 nitrogen and oxygen atoms in total. The van der Waals surface area contributed by atoms with Gasteiger partial charge in [0.15, 0.2) is 5.96 Å². The van der Waals surface area contributed by atoms with Gasteiger partial charge in [-0.15, -0.1) is 0 Å². The molecule has 0 aromatic heterocycles. The molecule has 2 heterocycles. The third-order valence-electron chi connectivity index (χ3n) is 5.20. The Bertz CT molecular complexity index is 376. The van der Waals surface area contributed by atoms with Crippen molar-refractivity contribution in [3.05, 3.63) is 0 Å². The van der Waals surface area contributed by atoms with Crippen molar-refractivity contribution in [3.8, 4) is 0 Å². The first-order valence-corrected chi connectivity index (χ1v) is 10.2. The summed E-state index contributed by atoms with van der Waals surface area (Å²) in [5.74, 6) is 1.63. The summed E-state index contributed by atoms with van der Waals surface area (Å²) in [6.45, 7) is 13.9. The number of nitrogens with zero attached hydrogens (tertiary/aromatic N) is 3. The van der Waals surface area contributed by atoms with E-state index in [1.807, 2.05) is 7.05 Å². The molecule has 2 fully saturated rings. The van der Waals surface area contributed by atoms with Crippen molar-refractivity contribution >= 4 is 5.96 Å². The highest BCUT2D eigenvalue weighted by molar-refractivity contribution is 5.79. The number of likely N-dealkylation sites (tertiary alicyclic amines) is 1. The van der Waals surface area contributed by atoms with Gasteiger partial charge in [0.1, 0.15) is 0 Å². The first-order valence-electron chi connectivity index (χ1n) is 10.2. The van der Waals surface area contributed by atoms with Gasteiger partial charge in [-0.25, -0.2) is 0 Å². The van der Waals surface area contributed by atoms with Crippen LogP contribution < -0.4 is 10.6 Å². The van der Waals surface area contributed by atoms with Crippen LogP contribution in [-0.4, -0.2) is 87.9 Å². The Morgan fingerprint density at radius 2 is 1.76 bits per heavy atom. The topological polar surface area (TPSA) is 52.1 Å². The summed E-state index contributed by atoms with van der Waals surface area (Å²) in [5, 5.41) is 7.03. The fourth-order valence-corrected chi connectivity index (χ4v) is 3.80. The zero-order chi connectivity index (χ0) is 17.9. The van der Waals surface area contributed by atoms with Crippen LogP contribution in [0.2, 0.25) is 0 Å². The Kier molecular flexibility index (Phi) is 9.58. The molecule has 25 heavy (non-hydrogen) atoms. The number of guanidine groups is 1. The van der Waals surface area contributed by atoms with Gasteiger partial charge in [0.2, 0.25) is 0 Å². The summed E-state index contributed by atoms with van der Waals surface area (Å²) in [4.78, 5) is 9.52. The van der Waals surface area contributed by atoms with E-state index in [0.29, 0.717) is 12.0 Å². The molecule has 2 aliphatic rings. The lowest BCUT2D eigenvalue weighted by Crippen LogP contribution is -2.51. The second-order valence-corrected chi connectivity index (χ2v) is 7.71. The maximum atomic E-state index is 5.51. The number of rotatable bonds is 8. The molecule has 2 N–H and O–H groups in total. The molecule has 0 saturated carbocycles. The largest absolute Gasteiger partial charge is 0.379 e. The molecule has 146 valence electrons. The number of morpholine rings is 1. The van der Waals surface area contributed by atoms with Crippen molar-refractivity contribution in [2.45, 2.75) is 45.6 Å². The van der Waals surface area contributed by atoms with Crippen molar-refractivity contribution in [3.63, 3.8) is 0 Å². The van der Waals surface area contributed by atoms with E-state index in [4.69, 9.17) is 4.74 Å². The van der Waals surface area contributed by atoms with Gasteiger partial charge in [0.05, 0.1) is 13.2 Å². The molecule has 0 bridgehead atoms. The quantitative estimate of drug-likeness (QED) is 0.510. The number of hydrogen-bond acceptors (Lipinski definition) is 4. The normalized spacial score (nSPS) is 22.2. The number of nitrogens with one attached hydrogen (secondary N) is 2. The van der Waals surface area contributed by atoms with Crippen LogP contribution in [0.15, 0.2) is 4.99 Å². The lowest BCUT2D eigenvalue weighted by molar-refractivity contribution is 0.0132. The fourth-order valence-electron chi connectivity index (χ4n) is 3.80. The maximum Gasteiger partial charge on any atom is 0.191 e. The van der Waals surface area contributed by atoms with Gasteiger partial charge < -0.3 is 20.3 Å². The molecule has 2 rings (SSSR count). The standard InChI is InChI=1S/C19H39N5O/c1-17(2)15-18(24-11-13-25-14-12-24)16-22-19(20-3)21-7-10-23-8-5-4-6-9-23/h17-18H,4-16H2,1-3H3,(H2,20,21,22). The van der Waals surface area contributed by atoms with E-state index >= 15 is 0 Å². The Morgan fingerprint density at radius 3 is 2.40 bits per heavy atom. The number of hydrogen-bond donors (Lipinski definition) is 2. The lowest BCUT2D eigenvalue weighted by Gasteiger charge is -2.35. The van der Waals surface area contributed by atoms with E-state index in [1.54, 1.807) is 0 Å². The van der Waals surface area contributed by atoms with Gasteiger partial charge in [0, 0.05) is 45.8 Å². The molecule has 0 radical (unpaired) electrons. The second-order valence-electron chi connectivity index (χ2n) is 7.71. The van der Waals surface area contributed by atoms with Crippen molar-refractivity contribution in [2.24, 2.45) is 10.9 Å². The highest BCUT2D eigenvalue weighted by Crippen LogP contribution is 2.13. The maximum absolute atomic E-state index is 5.51. The van der Waals surface area contributed by atoms with E-state index < -0.39 is 0 Å². The predicted molar refractivity (Wildman–Crippen MR) is 105 cm³/mol. The van der Waals surface area contributed by atoms with E-state index in [-0.39, 0.29) is 0 Å². The molecule has 0 aromatic carbocycles. The average molecular weight is 354 g/mol. The van der Waals surface area contributed by atoms with Gasteiger partial charge in [0.25, 0.3) is 0 Å². The summed E-state index contributed by atoms with van der Waals surface area (Å²) in [6.07, 6.45) is 5.30. The summed E-state index contributed by atoms with van der Waals surface area (Å²) in [6, 6.07) is 0.546. The smallest absolute Gasteiger partial charge is 0.191 e. The molecule has 1 unspecified atom stereocenters. The van der Waals surface area contributed by atoms with E-state index in [1.165, 1.54) is 38.8 Å². The number of aliphatic imine (C=N–C) groups is 1. The van der Waals surface area contributed by atoms with E-state index in [0.717, 1.165) is 51.9 Å². The predicted octanol–water partition coefficient (Wildman–Crippen LogP) is 1.38. The monoisotopic (exact) mass is 353 g/mol. The first kappa shape index (κ1) is 20.5. The van der Waals surface area contributed by atoms with Crippen LogP contribution in [0.4, 0.5) is 0 Å². The van der Waals surface area contributed by atoms with Gasteiger partial charge >= 0.3 is 0 Å². The Balaban J connectivity index is 1.71. The van der Waals surface area contributed by atoms with Crippen molar-refractivity contribution < 1.29 is 4.74 Å². The van der Waals surface area contributed by atoms with Gasteiger partial charge in [-0.1, -0.05) is 20.3 Å². The molecular formula is C19H39N5O. The number of piperidine rings is 1. The summed E-state index contributed by atoms with van der Waals surface area (Å²) >= 11 is 0. The zero-order valence-corrected chi connectivity index (χ0v) is 16.6. The SMILES string of the molecule is CN=C(NCCN1CCCCC1)NCC(CC(C)C)N1CCOCC1. The van der Waals surface area contributed by atoms with Gasteiger partial charge in [-0.3, -0.25) is 9.89 Å². The molecule has 1 atom stereocenters. The molecule has 6 heteroatoms. The molecule has 0 aromatic rings. The molecular weight excluding hydrogens is 314 g/mol. The Labute approximate surface area is 154 Å².